The van der Waals surface area contributed by atoms with Crippen molar-refractivity contribution in [2.24, 2.45) is 5.73 Å². The number of nitrogens with zero attached hydrogens (tertiary/aromatic N) is 1. The predicted molar refractivity (Wildman–Crippen MR) is 66.7 cm³/mol. The molecular weight excluding hydrogens is 272 g/mol. The second-order valence-corrected chi connectivity index (χ2v) is 5.42. The topological polar surface area (TPSA) is 110 Å². The van der Waals surface area contributed by atoms with Crippen LogP contribution >= 0.6 is 0 Å². The predicted octanol–water partition coefficient (Wildman–Crippen LogP) is 0.361. The number of aryl methyl sites for hydroxylation is 1. The van der Waals surface area contributed by atoms with Crippen LogP contribution in [-0.2, 0) is 19.6 Å². The number of ether oxygens (including phenoxy) is 1. The van der Waals surface area contributed by atoms with E-state index in [1.807, 2.05) is 0 Å². The molecule has 0 aliphatic carbocycles. The number of hydrogen-bond acceptors (Lipinski definition) is 5. The lowest BCUT2D eigenvalue weighted by Crippen LogP contribution is -2.40. The second-order valence-electron chi connectivity index (χ2n) is 4.03. The fourth-order valence-corrected chi connectivity index (χ4v) is 2.45. The Morgan fingerprint density at radius 2 is 2.16 bits per heavy atom. The first-order valence-electron chi connectivity index (χ1n) is 5.28. The van der Waals surface area contributed by atoms with Gasteiger partial charge in [-0.2, -0.15) is 8.42 Å². The van der Waals surface area contributed by atoms with Gasteiger partial charge in [0.2, 0.25) is 0 Å². The van der Waals surface area contributed by atoms with E-state index in [0.29, 0.717) is 0 Å². The molecule has 3 N–H and O–H groups in total. The summed E-state index contributed by atoms with van der Waals surface area (Å²) in [6.07, 6.45) is 1.46. The van der Waals surface area contributed by atoms with Crippen LogP contribution in [-0.4, -0.2) is 25.1 Å². The molecule has 0 spiro atoms. The van der Waals surface area contributed by atoms with Crippen LogP contribution in [0.15, 0.2) is 35.6 Å². The van der Waals surface area contributed by atoms with Crippen molar-refractivity contribution in [3.05, 3.63) is 36.2 Å². The molecule has 1 aromatic carbocycles. The lowest BCUT2D eigenvalue weighted by atomic mass is 10.2. The average molecular weight is 284 g/mol. The summed E-state index contributed by atoms with van der Waals surface area (Å²) in [5, 5.41) is 0. The third-order valence-electron chi connectivity index (χ3n) is 2.60. The smallest absolute Gasteiger partial charge is 0.296 e. The molecule has 102 valence electrons. The van der Waals surface area contributed by atoms with E-state index < -0.39 is 22.3 Å². The monoisotopic (exact) mass is 284 g/mol. The Labute approximate surface area is 110 Å². The van der Waals surface area contributed by atoms with Gasteiger partial charge in [-0.15, -0.1) is 0 Å². The molecule has 0 saturated carbocycles. The third-order valence-corrected chi connectivity index (χ3v) is 3.50. The zero-order valence-electron chi connectivity index (χ0n) is 9.98. The fraction of sp³-hybridized carbons (Fsp3) is 0.182. The molecule has 7 nitrogen and oxygen atoms in total. The van der Waals surface area contributed by atoms with E-state index >= 15 is 0 Å². The van der Waals surface area contributed by atoms with E-state index in [9.17, 15) is 17.8 Å². The minimum atomic E-state index is -4.42. The maximum atomic E-state index is 11.3. The van der Waals surface area contributed by atoms with Crippen molar-refractivity contribution in [1.29, 1.82) is 0 Å². The van der Waals surface area contributed by atoms with E-state index in [1.165, 1.54) is 35.6 Å². The highest BCUT2D eigenvalue weighted by Crippen LogP contribution is 2.30. The first kappa shape index (κ1) is 13.4. The maximum absolute atomic E-state index is 11.3. The van der Waals surface area contributed by atoms with Crippen molar-refractivity contribution in [2.75, 3.05) is 4.90 Å². The van der Waals surface area contributed by atoms with Crippen molar-refractivity contribution >= 4 is 21.7 Å². The molecular formula is C11H12N2O5S. The van der Waals surface area contributed by atoms with E-state index in [-0.39, 0.29) is 10.6 Å². The molecule has 0 bridgehead atoms. The molecule has 1 aliphatic heterocycles. The van der Waals surface area contributed by atoms with Gasteiger partial charge in [-0.3, -0.25) is 14.2 Å². The van der Waals surface area contributed by atoms with Gasteiger partial charge >= 0.3 is 0 Å². The molecule has 1 amide bonds. The number of nitrogens with two attached hydrogens (primary N) is 1. The Morgan fingerprint density at radius 3 is 2.74 bits per heavy atom. The number of primary amides is 1. The largest absolute Gasteiger partial charge is 0.467 e. The Morgan fingerprint density at radius 1 is 1.47 bits per heavy atom. The number of rotatable bonds is 3. The molecule has 1 aliphatic rings. The molecule has 1 unspecified atom stereocenters. The number of anilines is 1. The molecule has 8 heteroatoms. The van der Waals surface area contributed by atoms with E-state index in [4.69, 9.17) is 10.5 Å². The minimum absolute atomic E-state index is 0.125. The zero-order valence-corrected chi connectivity index (χ0v) is 10.8. The first-order chi connectivity index (χ1) is 8.80. The molecule has 1 atom stereocenters. The summed E-state index contributed by atoms with van der Waals surface area (Å²) in [6, 6.07) is 4.30. The second kappa shape index (κ2) is 4.56. The lowest BCUT2D eigenvalue weighted by Gasteiger charge is -2.23. The highest BCUT2D eigenvalue weighted by atomic mass is 32.2. The van der Waals surface area contributed by atoms with Crippen molar-refractivity contribution in [2.45, 2.75) is 18.0 Å². The van der Waals surface area contributed by atoms with Gasteiger partial charge in [-0.25, -0.2) is 0 Å². The molecule has 0 radical (unpaired) electrons. The summed E-state index contributed by atoms with van der Waals surface area (Å²) in [7, 11) is -4.42. The van der Waals surface area contributed by atoms with Crippen molar-refractivity contribution < 1.29 is 22.5 Å². The molecule has 2 rings (SSSR count). The van der Waals surface area contributed by atoms with Crippen molar-refractivity contribution in [3.8, 4) is 0 Å². The normalized spacial score (nSPS) is 18.4. The van der Waals surface area contributed by atoms with Crippen molar-refractivity contribution in [3.63, 3.8) is 0 Å². The summed E-state index contributed by atoms with van der Waals surface area (Å²) >= 11 is 0. The number of amides is 1. The van der Waals surface area contributed by atoms with Gasteiger partial charge in [-0.05, 0) is 24.6 Å². The number of hydrogen-bond donors (Lipinski definition) is 2. The summed E-state index contributed by atoms with van der Waals surface area (Å²) < 4.78 is 36.9. The van der Waals surface area contributed by atoms with Gasteiger partial charge in [-0.1, -0.05) is 6.07 Å². The average Bonchev–Trinajstić information content (AvgIpc) is 2.75. The molecule has 0 aromatic heterocycles. The number of carbonyl (C=O) groups is 1. The van der Waals surface area contributed by atoms with Crippen LogP contribution < -0.4 is 10.6 Å². The molecule has 19 heavy (non-hydrogen) atoms. The highest BCUT2D eigenvalue weighted by Gasteiger charge is 2.31. The Kier molecular flexibility index (Phi) is 3.21. The highest BCUT2D eigenvalue weighted by molar-refractivity contribution is 7.86. The Bertz CT molecular complexity index is 653. The Hall–Kier alpha value is -2.06. The van der Waals surface area contributed by atoms with Gasteiger partial charge in [0.25, 0.3) is 22.3 Å². The van der Waals surface area contributed by atoms with Gasteiger partial charge in [0, 0.05) is 6.20 Å². The van der Waals surface area contributed by atoms with Crippen LogP contribution in [0.5, 0.6) is 0 Å². The summed E-state index contributed by atoms with van der Waals surface area (Å²) in [4.78, 5) is 12.2. The number of carbonyl (C=O) groups excluding carboxylic acids is 1. The van der Waals surface area contributed by atoms with Gasteiger partial charge in [0.1, 0.15) is 11.2 Å². The van der Waals surface area contributed by atoms with Crippen LogP contribution in [0.4, 0.5) is 5.69 Å². The van der Waals surface area contributed by atoms with E-state index in [2.05, 4.69) is 0 Å². The van der Waals surface area contributed by atoms with E-state index in [1.54, 1.807) is 6.92 Å². The van der Waals surface area contributed by atoms with Crippen LogP contribution in [0.2, 0.25) is 0 Å². The van der Waals surface area contributed by atoms with Gasteiger partial charge < -0.3 is 10.5 Å². The van der Waals surface area contributed by atoms with Crippen LogP contribution in [0.1, 0.15) is 5.56 Å². The zero-order chi connectivity index (χ0) is 14.2. The first-order valence-corrected chi connectivity index (χ1v) is 6.72. The quantitative estimate of drug-likeness (QED) is 0.775. The van der Waals surface area contributed by atoms with Crippen molar-refractivity contribution in [1.82, 2.24) is 0 Å². The maximum Gasteiger partial charge on any atom is 0.296 e. The van der Waals surface area contributed by atoms with Crippen LogP contribution in [0.3, 0.4) is 0 Å². The van der Waals surface area contributed by atoms with Crippen LogP contribution in [0.25, 0.3) is 0 Å². The number of benzene rings is 1. The third kappa shape index (κ3) is 2.54. The summed E-state index contributed by atoms with van der Waals surface area (Å²) in [5.41, 5.74) is 6.05. The lowest BCUT2D eigenvalue weighted by molar-refractivity contribution is -0.125. The summed E-state index contributed by atoms with van der Waals surface area (Å²) in [5.74, 6) is -0.771. The minimum Gasteiger partial charge on any atom is -0.467 e. The standard InChI is InChI=1S/C11H12N2O5S/c1-7-2-3-9(19(15,16)17)8(6-7)13-4-5-18-11(13)10(12)14/h2-6,11H,1H3,(H2,12,14)(H,15,16,17). The molecule has 1 heterocycles. The Balaban J connectivity index is 2.58. The molecule has 1 aromatic rings. The fourth-order valence-electron chi connectivity index (χ4n) is 1.78. The van der Waals surface area contributed by atoms with Gasteiger partial charge in [0.15, 0.2) is 0 Å². The molecule has 0 saturated heterocycles. The van der Waals surface area contributed by atoms with Crippen LogP contribution in [0, 0.1) is 6.92 Å². The summed E-state index contributed by atoms with van der Waals surface area (Å²) in [6.45, 7) is 1.75. The van der Waals surface area contributed by atoms with Gasteiger partial charge in [0.05, 0.1) is 5.69 Å². The SMILES string of the molecule is Cc1ccc(S(=O)(=O)O)c(N2C=COC2C(N)=O)c1. The molecule has 0 fully saturated rings. The van der Waals surface area contributed by atoms with E-state index in [0.717, 1.165) is 5.56 Å².